The largest absolute Gasteiger partial charge is 0.399 e. The summed E-state index contributed by atoms with van der Waals surface area (Å²) in [5.41, 5.74) is 8.84. The van der Waals surface area contributed by atoms with E-state index >= 15 is 0 Å². The summed E-state index contributed by atoms with van der Waals surface area (Å²) in [4.78, 5) is 0. The number of anilines is 1. The summed E-state index contributed by atoms with van der Waals surface area (Å²) >= 11 is 0. The Hall–Kier alpha value is -0.690. The Kier molecular flexibility index (Phi) is 3.29. The first kappa shape index (κ1) is 13.3. The van der Waals surface area contributed by atoms with E-state index in [0.717, 1.165) is 23.4 Å². The smallest absolute Gasteiger partial charge is 0.0314 e. The van der Waals surface area contributed by atoms with Gasteiger partial charge in [0.05, 0.1) is 0 Å². The normalized spacial score (nSPS) is 39.1. The SMILES string of the molecule is Cl.Nc1ccc(CC23CC4CC(CC(C4)C2)C3)cc1. The van der Waals surface area contributed by atoms with Crippen LogP contribution in [0.2, 0.25) is 0 Å². The number of nitrogen functional groups attached to an aromatic ring is 1. The van der Waals surface area contributed by atoms with E-state index in [-0.39, 0.29) is 12.4 Å². The van der Waals surface area contributed by atoms with Gasteiger partial charge in [-0.1, -0.05) is 12.1 Å². The van der Waals surface area contributed by atoms with Crippen LogP contribution in [0.5, 0.6) is 0 Å². The van der Waals surface area contributed by atoms with Gasteiger partial charge in [-0.25, -0.2) is 0 Å². The van der Waals surface area contributed by atoms with E-state index in [0.29, 0.717) is 5.41 Å². The second kappa shape index (κ2) is 4.70. The minimum absolute atomic E-state index is 0. The van der Waals surface area contributed by atoms with Crippen molar-refractivity contribution in [1.29, 1.82) is 0 Å². The van der Waals surface area contributed by atoms with Crippen molar-refractivity contribution >= 4 is 18.1 Å². The fourth-order valence-corrected chi connectivity index (χ4v) is 5.58. The fourth-order valence-electron chi connectivity index (χ4n) is 5.58. The second-order valence-electron chi connectivity index (χ2n) is 7.34. The average molecular weight is 278 g/mol. The molecule has 4 bridgehead atoms. The van der Waals surface area contributed by atoms with Crippen molar-refractivity contribution in [3.05, 3.63) is 29.8 Å². The third-order valence-corrected chi connectivity index (χ3v) is 5.72. The highest BCUT2D eigenvalue weighted by Gasteiger charge is 2.50. The quantitative estimate of drug-likeness (QED) is 0.794. The van der Waals surface area contributed by atoms with Crippen molar-refractivity contribution in [2.45, 2.75) is 44.9 Å². The minimum atomic E-state index is 0. The molecule has 2 N–H and O–H groups in total. The summed E-state index contributed by atoms with van der Waals surface area (Å²) in [6.45, 7) is 0. The molecule has 0 radical (unpaired) electrons. The molecule has 0 saturated heterocycles. The molecule has 5 rings (SSSR count). The van der Waals surface area contributed by atoms with E-state index in [1.54, 1.807) is 19.3 Å². The maximum atomic E-state index is 5.79. The van der Waals surface area contributed by atoms with Crippen LogP contribution >= 0.6 is 12.4 Å². The molecular weight excluding hydrogens is 254 g/mol. The van der Waals surface area contributed by atoms with Gasteiger partial charge in [-0.15, -0.1) is 12.4 Å². The van der Waals surface area contributed by atoms with Crippen molar-refractivity contribution in [3.8, 4) is 0 Å². The van der Waals surface area contributed by atoms with E-state index in [4.69, 9.17) is 5.73 Å². The van der Waals surface area contributed by atoms with Crippen molar-refractivity contribution in [2.75, 3.05) is 5.73 Å². The summed E-state index contributed by atoms with van der Waals surface area (Å²) in [6, 6.07) is 8.62. The summed E-state index contributed by atoms with van der Waals surface area (Å²) < 4.78 is 0. The summed E-state index contributed by atoms with van der Waals surface area (Å²) in [6.07, 6.45) is 10.4. The summed E-state index contributed by atoms with van der Waals surface area (Å²) in [5.74, 6) is 3.18. The Balaban J connectivity index is 0.00000110. The molecule has 0 aliphatic heterocycles. The van der Waals surface area contributed by atoms with Crippen molar-refractivity contribution in [3.63, 3.8) is 0 Å². The van der Waals surface area contributed by atoms with Crippen LogP contribution < -0.4 is 5.73 Å². The number of nitrogens with two attached hydrogens (primary N) is 1. The Morgan fingerprint density at radius 2 is 1.37 bits per heavy atom. The van der Waals surface area contributed by atoms with Gasteiger partial charge in [0.2, 0.25) is 0 Å². The average Bonchev–Trinajstić information content (AvgIpc) is 2.30. The Morgan fingerprint density at radius 3 is 1.84 bits per heavy atom. The molecule has 0 amide bonds. The van der Waals surface area contributed by atoms with Gasteiger partial charge in [0.25, 0.3) is 0 Å². The van der Waals surface area contributed by atoms with Crippen LogP contribution in [0, 0.1) is 23.2 Å². The van der Waals surface area contributed by atoms with Crippen molar-refractivity contribution in [1.82, 2.24) is 0 Å². The molecule has 1 nitrogen and oxygen atoms in total. The second-order valence-corrected chi connectivity index (χ2v) is 7.34. The van der Waals surface area contributed by atoms with Crippen LogP contribution in [0.4, 0.5) is 5.69 Å². The molecule has 2 heteroatoms. The van der Waals surface area contributed by atoms with Crippen molar-refractivity contribution in [2.24, 2.45) is 23.2 Å². The first-order valence-electron chi connectivity index (χ1n) is 7.55. The third kappa shape index (κ3) is 2.38. The molecule has 0 aromatic heterocycles. The van der Waals surface area contributed by atoms with Crippen LogP contribution in [0.15, 0.2) is 24.3 Å². The maximum Gasteiger partial charge on any atom is 0.0314 e. The fraction of sp³-hybridized carbons (Fsp3) is 0.647. The van der Waals surface area contributed by atoms with E-state index in [1.807, 2.05) is 0 Å². The van der Waals surface area contributed by atoms with Crippen LogP contribution in [0.25, 0.3) is 0 Å². The molecule has 1 aromatic rings. The molecule has 0 heterocycles. The van der Waals surface area contributed by atoms with Gasteiger partial charge in [0.1, 0.15) is 0 Å². The van der Waals surface area contributed by atoms with E-state index in [1.165, 1.54) is 31.2 Å². The number of hydrogen-bond acceptors (Lipinski definition) is 1. The van der Waals surface area contributed by atoms with Gasteiger partial charge in [-0.2, -0.15) is 0 Å². The number of hydrogen-bond donors (Lipinski definition) is 1. The summed E-state index contributed by atoms with van der Waals surface area (Å²) in [5, 5.41) is 0. The molecule has 4 fully saturated rings. The van der Waals surface area contributed by atoms with Gasteiger partial charge in [-0.3, -0.25) is 0 Å². The molecule has 4 saturated carbocycles. The molecule has 0 atom stereocenters. The monoisotopic (exact) mass is 277 g/mol. The zero-order valence-corrected chi connectivity index (χ0v) is 12.3. The van der Waals surface area contributed by atoms with E-state index < -0.39 is 0 Å². The van der Waals surface area contributed by atoms with Gasteiger partial charge >= 0.3 is 0 Å². The van der Waals surface area contributed by atoms with Crippen molar-refractivity contribution < 1.29 is 0 Å². The van der Waals surface area contributed by atoms with Crippen LogP contribution in [-0.2, 0) is 6.42 Å². The first-order valence-corrected chi connectivity index (χ1v) is 7.55. The van der Waals surface area contributed by atoms with E-state index in [2.05, 4.69) is 24.3 Å². The molecule has 0 unspecified atom stereocenters. The third-order valence-electron chi connectivity index (χ3n) is 5.72. The molecule has 4 aliphatic rings. The molecule has 0 spiro atoms. The molecule has 4 aliphatic carbocycles. The Morgan fingerprint density at radius 1 is 0.895 bits per heavy atom. The molecule has 1 aromatic carbocycles. The zero-order valence-electron chi connectivity index (χ0n) is 11.5. The first-order chi connectivity index (χ1) is 8.71. The number of rotatable bonds is 2. The van der Waals surface area contributed by atoms with Gasteiger partial charge in [0.15, 0.2) is 0 Å². The molecule has 104 valence electrons. The number of benzene rings is 1. The van der Waals surface area contributed by atoms with Crippen LogP contribution in [0.3, 0.4) is 0 Å². The Labute approximate surface area is 122 Å². The molecule has 19 heavy (non-hydrogen) atoms. The maximum absolute atomic E-state index is 5.79. The topological polar surface area (TPSA) is 26.0 Å². The zero-order chi connectivity index (χ0) is 12.2. The molecular formula is C17H24ClN. The predicted octanol–water partition coefficient (Wildman–Crippen LogP) is 4.45. The Bertz CT molecular complexity index is 416. The lowest BCUT2D eigenvalue weighted by Gasteiger charge is -2.57. The summed E-state index contributed by atoms with van der Waals surface area (Å²) in [7, 11) is 0. The number of halogens is 1. The highest BCUT2D eigenvalue weighted by atomic mass is 35.5. The highest BCUT2D eigenvalue weighted by molar-refractivity contribution is 5.85. The van der Waals surface area contributed by atoms with Gasteiger partial charge in [0, 0.05) is 5.69 Å². The van der Waals surface area contributed by atoms with Crippen LogP contribution in [0.1, 0.15) is 44.1 Å². The van der Waals surface area contributed by atoms with Gasteiger partial charge in [-0.05, 0) is 85.8 Å². The lowest BCUT2D eigenvalue weighted by Crippen LogP contribution is -2.47. The van der Waals surface area contributed by atoms with Gasteiger partial charge < -0.3 is 5.73 Å². The lowest BCUT2D eigenvalue weighted by molar-refractivity contribution is -0.0521. The minimum Gasteiger partial charge on any atom is -0.399 e. The lowest BCUT2D eigenvalue weighted by atomic mass is 9.48. The standard InChI is InChI=1S/C17H23N.ClH/c18-16-3-1-12(2-4-16)8-17-9-13-5-14(10-17)7-15(6-13)11-17;/h1-4,13-15H,5-11,18H2;1H. The van der Waals surface area contributed by atoms with Crippen LogP contribution in [-0.4, -0.2) is 0 Å². The van der Waals surface area contributed by atoms with E-state index in [9.17, 15) is 0 Å². The highest BCUT2D eigenvalue weighted by Crippen LogP contribution is 2.61. The predicted molar refractivity (Wildman–Crippen MR) is 82.4 cm³/mol.